The lowest BCUT2D eigenvalue weighted by molar-refractivity contribution is 0.737. The number of rotatable bonds is 2. The van der Waals surface area contributed by atoms with Crippen LogP contribution < -0.4 is 11.1 Å². The fraction of sp³-hybridized carbons (Fsp3) is 0.211. The second-order valence-corrected chi connectivity index (χ2v) is 6.60. The average Bonchev–Trinajstić information content (AvgIpc) is 3.21. The van der Waals surface area contributed by atoms with Crippen LogP contribution >= 0.6 is 0 Å². The van der Waals surface area contributed by atoms with E-state index in [9.17, 15) is 0 Å². The van der Waals surface area contributed by atoms with Gasteiger partial charge in [0.25, 0.3) is 0 Å². The minimum Gasteiger partial charge on any atom is -0.402 e. The van der Waals surface area contributed by atoms with Crippen molar-refractivity contribution in [2.45, 2.75) is 12.8 Å². The second kappa shape index (κ2) is 5.96. The molecule has 7 heteroatoms. The normalized spacial score (nSPS) is 16.9. The molecule has 0 fully saturated rings. The summed E-state index contributed by atoms with van der Waals surface area (Å²) in [4.78, 5) is 12.7. The summed E-state index contributed by atoms with van der Waals surface area (Å²) in [6.07, 6.45) is 11.5. The zero-order valence-corrected chi connectivity index (χ0v) is 14.2. The standard InChI is InChI=1S/C19H19N7/c20-12-2-1-3-14-16(8-12)24-19(23-14)18-13-9-15(11-4-6-21-7-5-11)22-10-17(13)25-26-18/h1-4,9-10,21H,5-8,20H2,(H,23,24)(H,25,26). The highest BCUT2D eigenvalue weighted by Gasteiger charge is 2.17. The van der Waals surface area contributed by atoms with Crippen molar-refractivity contribution in [3.63, 3.8) is 0 Å². The highest BCUT2D eigenvalue weighted by molar-refractivity contribution is 5.92. The Bertz CT molecular complexity index is 1080. The lowest BCUT2D eigenvalue weighted by atomic mass is 10.0. The van der Waals surface area contributed by atoms with Crippen LogP contribution in [0.3, 0.4) is 0 Å². The van der Waals surface area contributed by atoms with Crippen LogP contribution in [0.4, 0.5) is 0 Å². The number of aromatic nitrogens is 5. The fourth-order valence-corrected chi connectivity index (χ4v) is 3.46. The van der Waals surface area contributed by atoms with Crippen molar-refractivity contribution in [3.8, 4) is 11.5 Å². The van der Waals surface area contributed by atoms with Crippen LogP contribution in [0.2, 0.25) is 0 Å². The number of allylic oxidation sites excluding steroid dienone is 3. The third kappa shape index (κ3) is 2.53. The average molecular weight is 345 g/mol. The number of hydrogen-bond donors (Lipinski definition) is 4. The van der Waals surface area contributed by atoms with Gasteiger partial charge in [-0.05, 0) is 36.8 Å². The third-order valence-corrected chi connectivity index (χ3v) is 4.82. The molecule has 0 saturated carbocycles. The van der Waals surface area contributed by atoms with Crippen molar-refractivity contribution in [2.75, 3.05) is 13.1 Å². The molecule has 0 spiro atoms. The van der Waals surface area contributed by atoms with Gasteiger partial charge in [0, 0.05) is 29.7 Å². The largest absolute Gasteiger partial charge is 0.402 e. The van der Waals surface area contributed by atoms with Gasteiger partial charge in [-0.1, -0.05) is 12.2 Å². The van der Waals surface area contributed by atoms with Gasteiger partial charge in [-0.3, -0.25) is 10.1 Å². The summed E-state index contributed by atoms with van der Waals surface area (Å²) in [6.45, 7) is 1.87. The molecule has 130 valence electrons. The number of imidazole rings is 1. The van der Waals surface area contributed by atoms with Crippen LogP contribution in [0, 0.1) is 0 Å². The Morgan fingerprint density at radius 1 is 1.23 bits per heavy atom. The van der Waals surface area contributed by atoms with Crippen molar-refractivity contribution in [1.29, 1.82) is 0 Å². The van der Waals surface area contributed by atoms with Crippen LogP contribution in [0.1, 0.15) is 23.5 Å². The number of hydrogen-bond acceptors (Lipinski definition) is 5. The molecule has 1 aliphatic carbocycles. The fourth-order valence-electron chi connectivity index (χ4n) is 3.46. The van der Waals surface area contributed by atoms with Gasteiger partial charge in [-0.25, -0.2) is 4.98 Å². The van der Waals surface area contributed by atoms with Gasteiger partial charge in [0.2, 0.25) is 0 Å². The highest BCUT2D eigenvalue weighted by atomic mass is 15.1. The summed E-state index contributed by atoms with van der Waals surface area (Å²) < 4.78 is 0. The number of nitrogens with two attached hydrogens (primary N) is 1. The maximum atomic E-state index is 5.99. The number of pyridine rings is 1. The lowest BCUT2D eigenvalue weighted by Gasteiger charge is -2.13. The molecule has 0 saturated heterocycles. The number of nitrogens with zero attached hydrogens (tertiary/aromatic N) is 3. The molecule has 0 atom stereocenters. The van der Waals surface area contributed by atoms with Crippen molar-refractivity contribution >= 4 is 22.6 Å². The molecule has 7 nitrogen and oxygen atoms in total. The van der Waals surface area contributed by atoms with E-state index < -0.39 is 0 Å². The van der Waals surface area contributed by atoms with E-state index in [1.807, 2.05) is 24.4 Å². The molecule has 3 aromatic rings. The van der Waals surface area contributed by atoms with E-state index in [1.165, 1.54) is 5.57 Å². The van der Waals surface area contributed by atoms with E-state index in [-0.39, 0.29) is 0 Å². The topological polar surface area (TPSA) is 108 Å². The van der Waals surface area contributed by atoms with E-state index in [0.717, 1.165) is 64.7 Å². The first-order chi connectivity index (χ1) is 12.8. The molecule has 1 aliphatic heterocycles. The van der Waals surface area contributed by atoms with Crippen LogP contribution in [-0.4, -0.2) is 38.2 Å². The molecule has 0 unspecified atom stereocenters. The van der Waals surface area contributed by atoms with Gasteiger partial charge in [-0.15, -0.1) is 0 Å². The number of aromatic amines is 2. The molecule has 5 rings (SSSR count). The van der Waals surface area contributed by atoms with Gasteiger partial charge in [0.1, 0.15) is 5.69 Å². The van der Waals surface area contributed by atoms with Crippen LogP contribution in [0.25, 0.3) is 34.1 Å². The highest BCUT2D eigenvalue weighted by Crippen LogP contribution is 2.29. The SMILES string of the molecule is NC1=CC=Cc2nc(-c3n[nH]c4cnc(C5=CCNCC5)cc34)[nH]c2C1. The number of nitrogens with one attached hydrogen (secondary N) is 3. The van der Waals surface area contributed by atoms with Crippen LogP contribution in [0.15, 0.2) is 36.2 Å². The molecule has 0 amide bonds. The zero-order chi connectivity index (χ0) is 17.5. The molecule has 0 radical (unpaired) electrons. The quantitative estimate of drug-likeness (QED) is 0.569. The van der Waals surface area contributed by atoms with Gasteiger partial charge in [-0.2, -0.15) is 5.10 Å². The van der Waals surface area contributed by atoms with Crippen molar-refractivity contribution in [3.05, 3.63) is 53.3 Å². The molecule has 5 N–H and O–H groups in total. The maximum absolute atomic E-state index is 5.99. The van der Waals surface area contributed by atoms with Gasteiger partial charge >= 0.3 is 0 Å². The third-order valence-electron chi connectivity index (χ3n) is 4.82. The Kier molecular flexibility index (Phi) is 3.46. The van der Waals surface area contributed by atoms with Crippen LogP contribution in [-0.2, 0) is 6.42 Å². The van der Waals surface area contributed by atoms with Crippen LogP contribution in [0.5, 0.6) is 0 Å². The molecular weight excluding hydrogens is 326 g/mol. The van der Waals surface area contributed by atoms with E-state index in [2.05, 4.69) is 37.6 Å². The number of H-pyrrole nitrogens is 2. The molecule has 26 heavy (non-hydrogen) atoms. The van der Waals surface area contributed by atoms with E-state index in [4.69, 9.17) is 10.7 Å². The Balaban J connectivity index is 1.59. The first kappa shape index (κ1) is 15.1. The first-order valence-corrected chi connectivity index (χ1v) is 8.74. The Morgan fingerprint density at radius 2 is 2.19 bits per heavy atom. The van der Waals surface area contributed by atoms with Crippen molar-refractivity contribution in [1.82, 2.24) is 30.5 Å². The molecule has 0 bridgehead atoms. The van der Waals surface area contributed by atoms with Gasteiger partial charge in [0.15, 0.2) is 5.82 Å². The minimum absolute atomic E-state index is 0.657. The summed E-state index contributed by atoms with van der Waals surface area (Å²) in [5, 5.41) is 11.9. The molecular formula is C19H19N7. The van der Waals surface area contributed by atoms with Crippen molar-refractivity contribution < 1.29 is 0 Å². The Labute approximate surface area is 150 Å². The summed E-state index contributed by atoms with van der Waals surface area (Å²) >= 11 is 0. The Hall–Kier alpha value is -3.19. The maximum Gasteiger partial charge on any atom is 0.159 e. The minimum atomic E-state index is 0.657. The molecule has 4 heterocycles. The van der Waals surface area contributed by atoms with E-state index >= 15 is 0 Å². The predicted octanol–water partition coefficient (Wildman–Crippen LogP) is 2.14. The predicted molar refractivity (Wildman–Crippen MR) is 102 cm³/mol. The second-order valence-electron chi connectivity index (χ2n) is 6.60. The van der Waals surface area contributed by atoms with Crippen molar-refractivity contribution in [2.24, 2.45) is 5.73 Å². The van der Waals surface area contributed by atoms with Gasteiger partial charge < -0.3 is 16.0 Å². The summed E-state index contributed by atoms with van der Waals surface area (Å²) in [6, 6.07) is 2.10. The summed E-state index contributed by atoms with van der Waals surface area (Å²) in [5.41, 5.74) is 12.7. The van der Waals surface area contributed by atoms with Gasteiger partial charge in [0.05, 0.1) is 23.1 Å². The first-order valence-electron chi connectivity index (χ1n) is 8.74. The summed E-state index contributed by atoms with van der Waals surface area (Å²) in [5.74, 6) is 0.747. The summed E-state index contributed by atoms with van der Waals surface area (Å²) in [7, 11) is 0. The molecule has 3 aromatic heterocycles. The smallest absolute Gasteiger partial charge is 0.159 e. The zero-order valence-electron chi connectivity index (χ0n) is 14.2. The Morgan fingerprint density at radius 3 is 3.08 bits per heavy atom. The van der Waals surface area contributed by atoms with E-state index in [1.54, 1.807) is 0 Å². The molecule has 0 aromatic carbocycles. The molecule has 2 aliphatic rings. The van der Waals surface area contributed by atoms with E-state index in [0.29, 0.717) is 6.42 Å². The lowest BCUT2D eigenvalue weighted by Crippen LogP contribution is -2.20. The number of fused-ring (bicyclic) bond motifs is 2. The monoisotopic (exact) mass is 345 g/mol.